The first-order chi connectivity index (χ1) is 27.1. The first kappa shape index (κ1) is 32.4. The van der Waals surface area contributed by atoms with E-state index in [1.807, 2.05) is 84.9 Å². The van der Waals surface area contributed by atoms with E-state index >= 15 is 0 Å². The average Bonchev–Trinajstić information content (AvgIpc) is 3.83. The molecule has 8 heteroatoms. The first-order valence-electron chi connectivity index (χ1n) is 17.8. The third-order valence-corrected chi connectivity index (χ3v) is 11.2. The van der Waals surface area contributed by atoms with Crippen molar-refractivity contribution >= 4 is 64.8 Å². The van der Waals surface area contributed by atoms with Crippen LogP contribution in [-0.4, -0.2) is 28.9 Å². The Balaban J connectivity index is 1.15. The SMILES string of the molecule is C=C/C=C(\C=C)n1c(=O)n2c3cc(-c4cccc(-c5nc(-c6ccccc6)nc(-c6cccc7c6sc6ccccc67)n5)c4)ccc3nc2c2ccccc21. The van der Waals surface area contributed by atoms with Crippen LogP contribution in [-0.2, 0) is 0 Å². The third-order valence-electron chi connectivity index (χ3n) is 9.95. The lowest BCUT2D eigenvalue weighted by atomic mass is 10.0. The fourth-order valence-corrected chi connectivity index (χ4v) is 8.61. The van der Waals surface area contributed by atoms with E-state index in [0.717, 1.165) is 48.9 Å². The highest BCUT2D eigenvalue weighted by Gasteiger charge is 2.19. The van der Waals surface area contributed by atoms with E-state index in [1.165, 1.54) is 15.5 Å². The molecule has 7 nitrogen and oxygen atoms in total. The van der Waals surface area contributed by atoms with Crippen molar-refractivity contribution in [2.45, 2.75) is 0 Å². The fourth-order valence-electron chi connectivity index (χ4n) is 7.40. The zero-order valence-electron chi connectivity index (χ0n) is 29.4. The second kappa shape index (κ2) is 13.0. The number of imidazole rings is 1. The topological polar surface area (TPSA) is 78.0 Å². The Hall–Kier alpha value is -7.29. The maximum atomic E-state index is 14.4. The van der Waals surface area contributed by atoms with Crippen LogP contribution in [0.25, 0.3) is 98.7 Å². The molecule has 260 valence electrons. The van der Waals surface area contributed by atoms with Crippen molar-refractivity contribution in [2.24, 2.45) is 0 Å². The number of rotatable bonds is 7. The Kier molecular flexibility index (Phi) is 7.64. The number of nitrogens with zero attached hydrogens (tertiary/aromatic N) is 6. The van der Waals surface area contributed by atoms with Gasteiger partial charge in [-0.15, -0.1) is 11.3 Å². The van der Waals surface area contributed by atoms with Gasteiger partial charge in [0.1, 0.15) is 0 Å². The number of thiophene rings is 1. The molecule has 0 saturated carbocycles. The molecule has 10 rings (SSSR count). The summed E-state index contributed by atoms with van der Waals surface area (Å²) >= 11 is 1.75. The predicted octanol–water partition coefficient (Wildman–Crippen LogP) is 11.2. The molecule has 0 atom stereocenters. The highest BCUT2D eigenvalue weighted by Crippen LogP contribution is 2.40. The Morgan fingerprint density at radius 3 is 2.09 bits per heavy atom. The summed E-state index contributed by atoms with van der Waals surface area (Å²) in [4.78, 5) is 34.5. The Morgan fingerprint density at radius 1 is 0.582 bits per heavy atom. The highest BCUT2D eigenvalue weighted by molar-refractivity contribution is 7.26. The summed E-state index contributed by atoms with van der Waals surface area (Å²) in [5.74, 6) is 1.79. The molecule has 10 aromatic rings. The lowest BCUT2D eigenvalue weighted by molar-refractivity contribution is 0.955. The molecule has 0 aliphatic rings. The van der Waals surface area contributed by atoms with Gasteiger partial charge in [-0.1, -0.05) is 116 Å². The molecule has 0 bridgehead atoms. The van der Waals surface area contributed by atoms with Crippen molar-refractivity contribution in [3.05, 3.63) is 181 Å². The van der Waals surface area contributed by atoms with Crippen molar-refractivity contribution in [3.63, 3.8) is 0 Å². The van der Waals surface area contributed by atoms with Gasteiger partial charge in [-0.25, -0.2) is 29.1 Å². The van der Waals surface area contributed by atoms with Crippen LogP contribution in [0.4, 0.5) is 0 Å². The van der Waals surface area contributed by atoms with Crippen LogP contribution in [0.2, 0.25) is 0 Å². The van der Waals surface area contributed by atoms with E-state index in [2.05, 4.69) is 67.8 Å². The van der Waals surface area contributed by atoms with Gasteiger partial charge < -0.3 is 0 Å². The standard InChI is InChI=1S/C47H30N6OS/c1-3-14-33(4-2)52-39-23-10-8-20-36(39)46-48-38-26-25-31(28-40(38)53(46)47(52)54)30-17-12-18-32(27-30)44-49-43(29-15-6-5-7-16-29)50-45(51-44)37-22-13-21-35-34-19-9-11-24-41(34)55-42(35)37/h3-28H,1-2H2/b33-14+. The number of hydrogen-bond donors (Lipinski definition) is 0. The lowest BCUT2D eigenvalue weighted by Gasteiger charge is -2.12. The Morgan fingerprint density at radius 2 is 1.25 bits per heavy atom. The van der Waals surface area contributed by atoms with Crippen molar-refractivity contribution in [3.8, 4) is 45.3 Å². The van der Waals surface area contributed by atoms with Gasteiger partial charge in [0.05, 0.1) is 22.2 Å². The number of aromatic nitrogens is 6. The van der Waals surface area contributed by atoms with Crippen LogP contribution in [0.3, 0.4) is 0 Å². The molecule has 0 aliphatic heterocycles. The molecule has 0 aliphatic carbocycles. The first-order valence-corrected chi connectivity index (χ1v) is 18.7. The normalized spacial score (nSPS) is 12.0. The summed E-state index contributed by atoms with van der Waals surface area (Å²) in [5.41, 5.74) is 7.74. The van der Waals surface area contributed by atoms with Crippen molar-refractivity contribution < 1.29 is 0 Å². The van der Waals surface area contributed by atoms with Gasteiger partial charge in [0.15, 0.2) is 23.1 Å². The number of allylic oxidation sites excluding steroid dienone is 4. The maximum Gasteiger partial charge on any atom is 0.339 e. The summed E-state index contributed by atoms with van der Waals surface area (Å²) in [6.07, 6.45) is 5.10. The van der Waals surface area contributed by atoms with Gasteiger partial charge in [-0.05, 0) is 65.7 Å². The molecule has 4 aromatic heterocycles. The van der Waals surface area contributed by atoms with Crippen LogP contribution >= 0.6 is 11.3 Å². The number of hydrogen-bond acceptors (Lipinski definition) is 6. The van der Waals surface area contributed by atoms with Crippen LogP contribution < -0.4 is 5.69 Å². The second-order valence-corrected chi connectivity index (χ2v) is 14.2. The molecule has 0 amide bonds. The van der Waals surface area contributed by atoms with Gasteiger partial charge in [0.25, 0.3) is 0 Å². The minimum absolute atomic E-state index is 0.241. The van der Waals surface area contributed by atoms with Gasteiger partial charge >= 0.3 is 5.69 Å². The predicted molar refractivity (Wildman–Crippen MR) is 227 cm³/mol. The molecule has 4 heterocycles. The third kappa shape index (κ3) is 5.30. The van der Waals surface area contributed by atoms with Crippen LogP contribution in [0.1, 0.15) is 0 Å². The van der Waals surface area contributed by atoms with Gasteiger partial charge in [-0.2, -0.15) is 0 Å². The highest BCUT2D eigenvalue weighted by atomic mass is 32.1. The summed E-state index contributed by atoms with van der Waals surface area (Å²) in [6.45, 7) is 7.82. The molecular weight excluding hydrogens is 697 g/mol. The zero-order chi connectivity index (χ0) is 37.0. The lowest BCUT2D eigenvalue weighted by Crippen LogP contribution is -2.26. The Labute approximate surface area is 319 Å². The fraction of sp³-hybridized carbons (Fsp3) is 0. The number of fused-ring (bicyclic) bond motifs is 8. The van der Waals surface area contributed by atoms with Crippen molar-refractivity contribution in [1.29, 1.82) is 0 Å². The average molecular weight is 727 g/mol. The van der Waals surface area contributed by atoms with Crippen LogP contribution in [0.5, 0.6) is 0 Å². The summed E-state index contributed by atoms with van der Waals surface area (Å²) < 4.78 is 5.71. The van der Waals surface area contributed by atoms with Gasteiger partial charge in [-0.3, -0.25) is 4.57 Å². The van der Waals surface area contributed by atoms with Crippen LogP contribution in [0.15, 0.2) is 176 Å². The quantitative estimate of drug-likeness (QED) is 0.153. The molecule has 0 radical (unpaired) electrons. The van der Waals surface area contributed by atoms with Crippen molar-refractivity contribution in [2.75, 3.05) is 0 Å². The summed E-state index contributed by atoms with van der Waals surface area (Å²) in [7, 11) is 0. The molecule has 0 fully saturated rings. The van der Waals surface area contributed by atoms with E-state index in [1.54, 1.807) is 38.5 Å². The largest absolute Gasteiger partial charge is 0.339 e. The Bertz CT molecular complexity index is 3280. The number of benzene rings is 6. The van der Waals surface area contributed by atoms with E-state index in [-0.39, 0.29) is 5.69 Å². The molecule has 0 N–H and O–H groups in total. The second-order valence-electron chi connectivity index (χ2n) is 13.2. The van der Waals surface area contributed by atoms with Gasteiger partial charge in [0, 0.05) is 42.2 Å². The van der Waals surface area contributed by atoms with E-state index < -0.39 is 0 Å². The number of para-hydroxylation sites is 1. The molecular formula is C47H30N6OS. The molecule has 0 spiro atoms. The molecule has 0 unspecified atom stereocenters. The smallest absolute Gasteiger partial charge is 0.262 e. The zero-order valence-corrected chi connectivity index (χ0v) is 30.2. The maximum absolute atomic E-state index is 14.4. The van der Waals surface area contributed by atoms with E-state index in [9.17, 15) is 4.79 Å². The van der Waals surface area contributed by atoms with Gasteiger partial charge in [0.2, 0.25) is 0 Å². The van der Waals surface area contributed by atoms with Crippen molar-refractivity contribution in [1.82, 2.24) is 28.9 Å². The molecule has 55 heavy (non-hydrogen) atoms. The van der Waals surface area contributed by atoms with E-state index in [0.29, 0.717) is 34.3 Å². The minimum Gasteiger partial charge on any atom is -0.262 e. The molecule has 6 aromatic carbocycles. The summed E-state index contributed by atoms with van der Waals surface area (Å²) in [6, 6.07) is 46.8. The molecule has 0 saturated heterocycles. The monoisotopic (exact) mass is 726 g/mol. The van der Waals surface area contributed by atoms with Crippen LogP contribution in [0, 0.1) is 0 Å². The summed E-state index contributed by atoms with van der Waals surface area (Å²) in [5, 5.41) is 3.26. The minimum atomic E-state index is -0.241. The van der Waals surface area contributed by atoms with E-state index in [4.69, 9.17) is 19.9 Å².